The molecule has 4 heterocycles. The molecule has 0 radical (unpaired) electrons. The second-order valence-corrected chi connectivity index (χ2v) is 10.0. The third-order valence-electron chi connectivity index (χ3n) is 7.75. The Hall–Kier alpha value is -3.05. The molecule has 2 N–H and O–H groups in total. The molecule has 0 saturated carbocycles. The molecule has 2 saturated heterocycles. The van der Waals surface area contributed by atoms with Crippen LogP contribution in [0.15, 0.2) is 54.7 Å². The maximum atomic E-state index is 13.1. The van der Waals surface area contributed by atoms with Gasteiger partial charge in [-0.2, -0.15) is 0 Å². The number of nitrogens with one attached hydrogen (secondary N) is 2. The van der Waals surface area contributed by atoms with Crippen LogP contribution >= 0.6 is 0 Å². The Kier molecular flexibility index (Phi) is 5.22. The van der Waals surface area contributed by atoms with Gasteiger partial charge in [0.05, 0.1) is 0 Å². The lowest BCUT2D eigenvalue weighted by atomic mass is 9.89. The van der Waals surface area contributed by atoms with Crippen molar-refractivity contribution in [2.75, 3.05) is 32.7 Å². The van der Waals surface area contributed by atoms with E-state index in [-0.39, 0.29) is 5.91 Å². The molecular weight excluding hydrogens is 408 g/mol. The van der Waals surface area contributed by atoms with Gasteiger partial charge in [0.15, 0.2) is 0 Å². The molecule has 33 heavy (non-hydrogen) atoms. The van der Waals surface area contributed by atoms with Crippen LogP contribution in [-0.2, 0) is 0 Å². The number of H-pyrrole nitrogens is 2. The van der Waals surface area contributed by atoms with Gasteiger partial charge in [0.25, 0.3) is 5.91 Å². The molecule has 170 valence electrons. The van der Waals surface area contributed by atoms with Crippen LogP contribution in [0.3, 0.4) is 0 Å². The van der Waals surface area contributed by atoms with E-state index in [0.29, 0.717) is 11.8 Å². The summed E-state index contributed by atoms with van der Waals surface area (Å²) in [6.07, 6.45) is 5.75. The molecule has 1 amide bonds. The summed E-state index contributed by atoms with van der Waals surface area (Å²) in [6.45, 7) is 7.22. The number of amides is 1. The van der Waals surface area contributed by atoms with E-state index in [0.717, 1.165) is 55.7 Å². The molecule has 5 nitrogen and oxygen atoms in total. The van der Waals surface area contributed by atoms with Gasteiger partial charge in [-0.15, -0.1) is 0 Å². The molecule has 2 fully saturated rings. The van der Waals surface area contributed by atoms with E-state index in [1.54, 1.807) is 0 Å². The number of hydrogen-bond acceptors (Lipinski definition) is 2. The van der Waals surface area contributed by atoms with Crippen LogP contribution in [-0.4, -0.2) is 58.4 Å². The van der Waals surface area contributed by atoms with Crippen molar-refractivity contribution in [3.63, 3.8) is 0 Å². The third kappa shape index (κ3) is 3.95. The number of aryl methyl sites for hydroxylation is 1. The first-order valence-electron chi connectivity index (χ1n) is 12.3. The maximum absolute atomic E-state index is 13.1. The number of carbonyl (C=O) groups excluding carboxylic acids is 1. The van der Waals surface area contributed by atoms with Crippen LogP contribution in [0.25, 0.3) is 21.8 Å². The van der Waals surface area contributed by atoms with E-state index in [9.17, 15) is 4.79 Å². The van der Waals surface area contributed by atoms with Gasteiger partial charge in [-0.05, 0) is 80.4 Å². The quantitative estimate of drug-likeness (QED) is 0.452. The molecule has 6 rings (SSSR count). The number of nitrogens with zero attached hydrogens (tertiary/aromatic N) is 2. The molecule has 2 aliphatic rings. The van der Waals surface area contributed by atoms with Crippen molar-refractivity contribution in [1.82, 2.24) is 19.8 Å². The highest BCUT2D eigenvalue weighted by molar-refractivity contribution is 5.98. The minimum Gasteiger partial charge on any atom is -0.361 e. The van der Waals surface area contributed by atoms with Crippen molar-refractivity contribution in [1.29, 1.82) is 0 Å². The Morgan fingerprint density at radius 1 is 1.00 bits per heavy atom. The van der Waals surface area contributed by atoms with Crippen molar-refractivity contribution < 1.29 is 4.79 Å². The fraction of sp³-hybridized carbons (Fsp3) is 0.393. The van der Waals surface area contributed by atoms with Crippen molar-refractivity contribution in [2.24, 2.45) is 5.92 Å². The fourth-order valence-electron chi connectivity index (χ4n) is 5.92. The summed E-state index contributed by atoms with van der Waals surface area (Å²) in [7, 11) is 0. The number of carbonyl (C=O) groups is 1. The third-order valence-corrected chi connectivity index (χ3v) is 7.75. The summed E-state index contributed by atoms with van der Waals surface area (Å²) in [5.41, 5.74) is 5.70. The van der Waals surface area contributed by atoms with Gasteiger partial charge in [-0.1, -0.05) is 30.3 Å². The zero-order valence-corrected chi connectivity index (χ0v) is 19.3. The van der Waals surface area contributed by atoms with E-state index in [1.807, 2.05) is 11.0 Å². The molecule has 0 unspecified atom stereocenters. The summed E-state index contributed by atoms with van der Waals surface area (Å²) in [5, 5.41) is 2.49. The Bertz CT molecular complexity index is 1290. The lowest BCUT2D eigenvalue weighted by Crippen LogP contribution is -2.37. The highest BCUT2D eigenvalue weighted by Gasteiger charge is 2.30. The molecule has 0 aliphatic carbocycles. The number of likely N-dealkylation sites (tertiary alicyclic amines) is 2. The van der Waals surface area contributed by atoms with Crippen LogP contribution in [0.4, 0.5) is 0 Å². The van der Waals surface area contributed by atoms with Crippen molar-refractivity contribution in [2.45, 2.75) is 32.1 Å². The smallest absolute Gasteiger partial charge is 0.270 e. The minimum atomic E-state index is 0.143. The summed E-state index contributed by atoms with van der Waals surface area (Å²) >= 11 is 0. The average Bonchev–Trinajstić information content (AvgIpc) is 3.57. The standard InChI is InChI=1S/C28H32N4O/c1-19-6-7-22-15-27(30-26(22)14-19)28(33)32-13-8-20(18-32)17-31-11-9-21(10-12-31)24-16-29-25-5-3-2-4-23(24)25/h2-7,14-16,20-21,29-30H,8-13,17-18H2,1H3/t20-/m1/s1. The van der Waals surface area contributed by atoms with Crippen LogP contribution in [0.2, 0.25) is 0 Å². The normalized spacial score (nSPS) is 20.3. The molecule has 2 aromatic carbocycles. The first kappa shape index (κ1) is 20.5. The van der Waals surface area contributed by atoms with Gasteiger partial charge in [-0.25, -0.2) is 0 Å². The molecule has 4 aromatic rings. The van der Waals surface area contributed by atoms with Gasteiger partial charge >= 0.3 is 0 Å². The number of benzene rings is 2. The Balaban J connectivity index is 1.04. The SMILES string of the molecule is Cc1ccc2cc(C(=O)N3CC[C@H](CN4CCC(c5c[nH]c6ccccc56)CC4)C3)[nH]c2c1. The average molecular weight is 441 g/mol. The van der Waals surface area contributed by atoms with E-state index < -0.39 is 0 Å². The zero-order valence-electron chi connectivity index (χ0n) is 19.3. The van der Waals surface area contributed by atoms with Gasteiger partial charge in [0, 0.05) is 47.6 Å². The molecule has 2 aromatic heterocycles. The Morgan fingerprint density at radius 3 is 2.73 bits per heavy atom. The highest BCUT2D eigenvalue weighted by atomic mass is 16.2. The van der Waals surface area contributed by atoms with E-state index in [4.69, 9.17) is 0 Å². The maximum Gasteiger partial charge on any atom is 0.270 e. The summed E-state index contributed by atoms with van der Waals surface area (Å²) < 4.78 is 0. The molecule has 5 heteroatoms. The molecule has 2 aliphatic heterocycles. The number of para-hydroxylation sites is 1. The predicted molar refractivity (Wildman–Crippen MR) is 134 cm³/mol. The lowest BCUT2D eigenvalue weighted by molar-refractivity contribution is 0.0777. The van der Waals surface area contributed by atoms with E-state index in [1.165, 1.54) is 34.9 Å². The number of piperidine rings is 1. The van der Waals surface area contributed by atoms with Gasteiger partial charge in [0.1, 0.15) is 5.69 Å². The van der Waals surface area contributed by atoms with Crippen LogP contribution in [0.1, 0.15) is 46.8 Å². The first-order valence-corrected chi connectivity index (χ1v) is 12.3. The molecule has 0 spiro atoms. The van der Waals surface area contributed by atoms with Crippen molar-refractivity contribution in [3.8, 4) is 0 Å². The monoisotopic (exact) mass is 440 g/mol. The van der Waals surface area contributed by atoms with Crippen LogP contribution in [0, 0.1) is 12.8 Å². The second kappa shape index (κ2) is 8.38. The van der Waals surface area contributed by atoms with E-state index in [2.05, 4.69) is 70.5 Å². The van der Waals surface area contributed by atoms with Crippen LogP contribution in [0.5, 0.6) is 0 Å². The predicted octanol–water partition coefficient (Wildman–Crippen LogP) is 5.30. The van der Waals surface area contributed by atoms with Crippen LogP contribution < -0.4 is 0 Å². The van der Waals surface area contributed by atoms with Gasteiger partial charge in [0.2, 0.25) is 0 Å². The van der Waals surface area contributed by atoms with Crippen molar-refractivity contribution in [3.05, 3.63) is 71.5 Å². The first-order chi connectivity index (χ1) is 16.1. The second-order valence-electron chi connectivity index (χ2n) is 10.0. The molecular formula is C28H32N4O. The summed E-state index contributed by atoms with van der Waals surface area (Å²) in [6, 6.07) is 16.9. The largest absolute Gasteiger partial charge is 0.361 e. The lowest BCUT2D eigenvalue weighted by Gasteiger charge is -2.33. The highest BCUT2D eigenvalue weighted by Crippen LogP contribution is 2.33. The van der Waals surface area contributed by atoms with E-state index >= 15 is 0 Å². The summed E-state index contributed by atoms with van der Waals surface area (Å²) in [5.74, 6) is 1.36. The molecule has 0 bridgehead atoms. The topological polar surface area (TPSA) is 55.1 Å². The number of fused-ring (bicyclic) bond motifs is 2. The Morgan fingerprint density at radius 2 is 1.85 bits per heavy atom. The number of rotatable bonds is 4. The Labute approximate surface area is 194 Å². The van der Waals surface area contributed by atoms with Gasteiger partial charge in [-0.3, -0.25) is 4.79 Å². The number of hydrogen-bond donors (Lipinski definition) is 2. The number of aromatic amines is 2. The van der Waals surface area contributed by atoms with Crippen molar-refractivity contribution >= 4 is 27.7 Å². The minimum absolute atomic E-state index is 0.143. The fourth-order valence-corrected chi connectivity index (χ4v) is 5.92. The zero-order chi connectivity index (χ0) is 22.4. The summed E-state index contributed by atoms with van der Waals surface area (Å²) in [4.78, 5) is 24.5. The van der Waals surface area contributed by atoms with Gasteiger partial charge < -0.3 is 19.8 Å². The molecule has 1 atom stereocenters. The number of aromatic nitrogens is 2.